The second kappa shape index (κ2) is 4.16. The van der Waals surface area contributed by atoms with E-state index in [-0.39, 0.29) is 5.91 Å². The average Bonchev–Trinajstić information content (AvgIpc) is 2.07. The molecule has 1 fully saturated rings. The lowest BCUT2D eigenvalue weighted by Crippen LogP contribution is -2.40. The van der Waals surface area contributed by atoms with Gasteiger partial charge in [0.15, 0.2) is 6.10 Å². The Bertz CT molecular complexity index is 217. The van der Waals surface area contributed by atoms with Crippen LogP contribution in [0.4, 0.5) is 13.2 Å². The third-order valence-corrected chi connectivity index (χ3v) is 2.29. The Balaban J connectivity index is 2.46. The van der Waals surface area contributed by atoms with Crippen LogP contribution >= 0.6 is 0 Å². The molecule has 0 aliphatic carbocycles. The van der Waals surface area contributed by atoms with Crippen molar-refractivity contribution in [3.63, 3.8) is 0 Å². The lowest BCUT2D eigenvalue weighted by atomic mass is 9.92. The zero-order valence-corrected chi connectivity index (χ0v) is 7.47. The molecule has 82 valence electrons. The van der Waals surface area contributed by atoms with Gasteiger partial charge in [0.1, 0.15) is 0 Å². The molecule has 1 saturated heterocycles. The van der Waals surface area contributed by atoms with E-state index in [1.165, 1.54) is 0 Å². The molecule has 6 heteroatoms. The number of halogens is 3. The third kappa shape index (κ3) is 2.87. The largest absolute Gasteiger partial charge is 0.414 e. The Morgan fingerprint density at radius 1 is 1.57 bits per heavy atom. The summed E-state index contributed by atoms with van der Waals surface area (Å²) >= 11 is 0. The minimum Gasteiger partial charge on any atom is -0.384 e. The van der Waals surface area contributed by atoms with E-state index in [1.807, 2.05) is 0 Å². The van der Waals surface area contributed by atoms with Crippen LogP contribution in [0.15, 0.2) is 0 Å². The van der Waals surface area contributed by atoms with Crippen LogP contribution in [0.3, 0.4) is 0 Å². The minimum absolute atomic E-state index is 0.389. The maximum atomic E-state index is 11.9. The van der Waals surface area contributed by atoms with Crippen molar-refractivity contribution in [2.45, 2.75) is 31.5 Å². The zero-order chi connectivity index (χ0) is 10.8. The number of alkyl halides is 3. The molecule has 2 N–H and O–H groups in total. The van der Waals surface area contributed by atoms with E-state index < -0.39 is 24.6 Å². The number of nitrogens with one attached hydrogen (secondary N) is 1. The number of hydrogen-bond acceptors (Lipinski definition) is 2. The molecule has 3 nitrogen and oxygen atoms in total. The maximum Gasteiger partial charge on any atom is 0.414 e. The molecule has 0 bridgehead atoms. The summed E-state index contributed by atoms with van der Waals surface area (Å²) in [5.41, 5.74) is 0. The Labute approximate surface area is 79.3 Å². The highest BCUT2D eigenvalue weighted by Gasteiger charge is 2.40. The quantitative estimate of drug-likeness (QED) is 0.710. The molecule has 0 radical (unpaired) electrons. The van der Waals surface area contributed by atoms with Crippen molar-refractivity contribution in [2.75, 3.05) is 6.54 Å². The van der Waals surface area contributed by atoms with Crippen LogP contribution in [0.1, 0.15) is 19.3 Å². The minimum atomic E-state index is -4.63. The van der Waals surface area contributed by atoms with Crippen molar-refractivity contribution in [1.29, 1.82) is 0 Å². The van der Waals surface area contributed by atoms with Crippen LogP contribution in [0.2, 0.25) is 0 Å². The summed E-state index contributed by atoms with van der Waals surface area (Å²) in [6.07, 6.45) is -6.47. The van der Waals surface area contributed by atoms with Gasteiger partial charge >= 0.3 is 6.18 Å². The number of amides is 1. The fourth-order valence-corrected chi connectivity index (χ4v) is 1.46. The van der Waals surface area contributed by atoms with Crippen molar-refractivity contribution in [3.8, 4) is 0 Å². The molecule has 2 unspecified atom stereocenters. The molecule has 1 aliphatic rings. The van der Waals surface area contributed by atoms with Crippen LogP contribution < -0.4 is 5.32 Å². The van der Waals surface area contributed by atoms with Gasteiger partial charge in [-0.05, 0) is 19.3 Å². The van der Waals surface area contributed by atoms with E-state index in [0.717, 1.165) is 0 Å². The fraction of sp³-hybridized carbons (Fsp3) is 0.875. The molecule has 2 atom stereocenters. The standard InChI is InChI=1S/C8H12F3NO2/c9-8(10,11)6(13)4-5-2-1-3-12-7(5)14/h5-6,13H,1-4H2,(H,12,14). The molecule has 0 spiro atoms. The Morgan fingerprint density at radius 3 is 2.71 bits per heavy atom. The van der Waals surface area contributed by atoms with Crippen molar-refractivity contribution < 1.29 is 23.1 Å². The highest BCUT2D eigenvalue weighted by molar-refractivity contribution is 5.79. The molecule has 14 heavy (non-hydrogen) atoms. The summed E-state index contributed by atoms with van der Waals surface area (Å²) in [4.78, 5) is 11.1. The number of aliphatic hydroxyl groups is 1. The molecule has 1 heterocycles. The van der Waals surface area contributed by atoms with Gasteiger partial charge in [0, 0.05) is 12.5 Å². The predicted octanol–water partition coefficient (Wildman–Crippen LogP) is 0.826. The lowest BCUT2D eigenvalue weighted by molar-refractivity contribution is -0.208. The highest BCUT2D eigenvalue weighted by atomic mass is 19.4. The first-order valence-electron chi connectivity index (χ1n) is 4.43. The van der Waals surface area contributed by atoms with E-state index in [4.69, 9.17) is 5.11 Å². The molecule has 0 saturated carbocycles. The van der Waals surface area contributed by atoms with Crippen LogP contribution in [0.5, 0.6) is 0 Å². The highest BCUT2D eigenvalue weighted by Crippen LogP contribution is 2.27. The fourth-order valence-electron chi connectivity index (χ4n) is 1.46. The van der Waals surface area contributed by atoms with Crippen molar-refractivity contribution >= 4 is 5.91 Å². The zero-order valence-electron chi connectivity index (χ0n) is 7.47. The van der Waals surface area contributed by atoms with E-state index in [1.54, 1.807) is 0 Å². The number of piperidine rings is 1. The molecule has 0 aromatic heterocycles. The lowest BCUT2D eigenvalue weighted by Gasteiger charge is -2.24. The molecule has 0 aromatic rings. The van der Waals surface area contributed by atoms with E-state index in [9.17, 15) is 18.0 Å². The van der Waals surface area contributed by atoms with Gasteiger partial charge in [0.05, 0.1) is 0 Å². The molecule has 1 amide bonds. The van der Waals surface area contributed by atoms with Gasteiger partial charge in [-0.25, -0.2) is 0 Å². The third-order valence-electron chi connectivity index (χ3n) is 2.29. The van der Waals surface area contributed by atoms with E-state index in [0.29, 0.717) is 19.4 Å². The monoisotopic (exact) mass is 211 g/mol. The summed E-state index contributed by atoms with van der Waals surface area (Å²) < 4.78 is 35.8. The molecule has 1 rings (SSSR count). The van der Waals surface area contributed by atoms with Gasteiger partial charge in [0.25, 0.3) is 0 Å². The molecular formula is C8H12F3NO2. The Morgan fingerprint density at radius 2 is 2.21 bits per heavy atom. The summed E-state index contributed by atoms with van der Waals surface area (Å²) in [7, 11) is 0. The first kappa shape index (κ1) is 11.3. The SMILES string of the molecule is O=C1NCCCC1CC(O)C(F)(F)F. The molecule has 1 aliphatic heterocycles. The van der Waals surface area contributed by atoms with Gasteiger partial charge < -0.3 is 10.4 Å². The summed E-state index contributed by atoms with van der Waals surface area (Å²) in [5, 5.41) is 11.2. The Hall–Kier alpha value is -0.780. The number of carbonyl (C=O) groups excluding carboxylic acids is 1. The van der Waals surface area contributed by atoms with Crippen LogP contribution in [-0.4, -0.2) is 29.8 Å². The maximum absolute atomic E-state index is 11.9. The number of hydrogen-bond donors (Lipinski definition) is 2. The first-order chi connectivity index (χ1) is 6.41. The van der Waals surface area contributed by atoms with E-state index in [2.05, 4.69) is 5.32 Å². The topological polar surface area (TPSA) is 49.3 Å². The normalized spacial score (nSPS) is 25.7. The van der Waals surface area contributed by atoms with Gasteiger partial charge in [-0.1, -0.05) is 0 Å². The second-order valence-corrected chi connectivity index (χ2v) is 3.42. The van der Waals surface area contributed by atoms with Gasteiger partial charge in [0.2, 0.25) is 5.91 Å². The van der Waals surface area contributed by atoms with Crippen LogP contribution in [-0.2, 0) is 4.79 Å². The van der Waals surface area contributed by atoms with Crippen molar-refractivity contribution in [1.82, 2.24) is 5.32 Å². The Kier molecular flexibility index (Phi) is 3.36. The van der Waals surface area contributed by atoms with Gasteiger partial charge in [-0.3, -0.25) is 4.79 Å². The first-order valence-corrected chi connectivity index (χ1v) is 4.43. The second-order valence-electron chi connectivity index (χ2n) is 3.42. The summed E-state index contributed by atoms with van der Waals surface area (Å²) in [6.45, 7) is 0.511. The molecular weight excluding hydrogens is 199 g/mol. The van der Waals surface area contributed by atoms with E-state index >= 15 is 0 Å². The number of rotatable bonds is 2. The summed E-state index contributed by atoms with van der Waals surface area (Å²) in [5.74, 6) is -1.10. The van der Waals surface area contributed by atoms with Crippen molar-refractivity contribution in [2.24, 2.45) is 5.92 Å². The van der Waals surface area contributed by atoms with Crippen molar-refractivity contribution in [3.05, 3.63) is 0 Å². The predicted molar refractivity (Wildman–Crippen MR) is 42.4 cm³/mol. The smallest absolute Gasteiger partial charge is 0.384 e. The average molecular weight is 211 g/mol. The van der Waals surface area contributed by atoms with Gasteiger partial charge in [-0.2, -0.15) is 13.2 Å². The number of carbonyl (C=O) groups is 1. The van der Waals surface area contributed by atoms with Crippen LogP contribution in [0, 0.1) is 5.92 Å². The van der Waals surface area contributed by atoms with Gasteiger partial charge in [-0.15, -0.1) is 0 Å². The van der Waals surface area contributed by atoms with Crippen LogP contribution in [0.25, 0.3) is 0 Å². The number of aliphatic hydroxyl groups excluding tert-OH is 1. The summed E-state index contributed by atoms with van der Waals surface area (Å²) in [6, 6.07) is 0. The molecule has 0 aromatic carbocycles.